The average molecular weight is 320 g/mol. The maximum Gasteiger partial charge on any atom is 0.416 e. The predicted molar refractivity (Wildman–Crippen MR) is 73.5 cm³/mol. The highest BCUT2D eigenvalue weighted by atomic mass is 35.5. The molecular weight excluding hydrogens is 310 g/mol. The SMILES string of the molecule is CNc1cc(C(F)(F)F)cc(Nc2ccc(Cl)c(F)c2)n1. The van der Waals surface area contributed by atoms with Crippen molar-refractivity contribution in [3.8, 4) is 0 Å². The van der Waals surface area contributed by atoms with E-state index in [0.717, 1.165) is 18.2 Å². The topological polar surface area (TPSA) is 37.0 Å². The van der Waals surface area contributed by atoms with Crippen molar-refractivity contribution in [1.82, 2.24) is 4.98 Å². The van der Waals surface area contributed by atoms with Crippen LogP contribution < -0.4 is 10.6 Å². The minimum atomic E-state index is -4.50. The van der Waals surface area contributed by atoms with E-state index in [9.17, 15) is 17.6 Å². The van der Waals surface area contributed by atoms with Gasteiger partial charge in [-0.05, 0) is 30.3 Å². The van der Waals surface area contributed by atoms with Crippen molar-refractivity contribution in [2.75, 3.05) is 17.7 Å². The van der Waals surface area contributed by atoms with E-state index in [4.69, 9.17) is 11.6 Å². The van der Waals surface area contributed by atoms with Crippen LogP contribution in [0.4, 0.5) is 34.9 Å². The fraction of sp³-hybridized carbons (Fsp3) is 0.154. The van der Waals surface area contributed by atoms with Crippen molar-refractivity contribution in [3.05, 3.63) is 46.7 Å². The van der Waals surface area contributed by atoms with Crippen LogP contribution in [0.2, 0.25) is 5.02 Å². The molecule has 112 valence electrons. The van der Waals surface area contributed by atoms with E-state index in [1.54, 1.807) is 0 Å². The van der Waals surface area contributed by atoms with Gasteiger partial charge in [0.05, 0.1) is 10.6 Å². The first-order valence-corrected chi connectivity index (χ1v) is 6.16. The lowest BCUT2D eigenvalue weighted by molar-refractivity contribution is -0.137. The van der Waals surface area contributed by atoms with Gasteiger partial charge in [0, 0.05) is 12.7 Å². The number of anilines is 3. The van der Waals surface area contributed by atoms with Crippen LogP contribution in [0.1, 0.15) is 5.56 Å². The molecule has 0 amide bonds. The Labute approximate surface area is 123 Å². The van der Waals surface area contributed by atoms with E-state index in [-0.39, 0.29) is 22.3 Å². The summed E-state index contributed by atoms with van der Waals surface area (Å²) < 4.78 is 51.6. The number of alkyl halides is 3. The van der Waals surface area contributed by atoms with Gasteiger partial charge in [-0.15, -0.1) is 0 Å². The Morgan fingerprint density at radius 1 is 1.10 bits per heavy atom. The van der Waals surface area contributed by atoms with Gasteiger partial charge in [0.2, 0.25) is 0 Å². The van der Waals surface area contributed by atoms with Crippen molar-refractivity contribution in [1.29, 1.82) is 0 Å². The standard InChI is InChI=1S/C13H10ClF4N3/c1-19-11-4-7(13(16,17)18)5-12(21-11)20-8-2-3-9(14)10(15)6-8/h2-6H,1H3,(H2,19,20,21). The third-order valence-electron chi connectivity index (χ3n) is 2.60. The number of nitrogens with one attached hydrogen (secondary N) is 2. The van der Waals surface area contributed by atoms with Crippen LogP contribution in [0.25, 0.3) is 0 Å². The third kappa shape index (κ3) is 3.75. The average Bonchev–Trinajstić information content (AvgIpc) is 2.41. The highest BCUT2D eigenvalue weighted by Crippen LogP contribution is 2.32. The first-order chi connectivity index (χ1) is 9.79. The molecule has 0 aliphatic rings. The number of rotatable bonds is 3. The second-order valence-corrected chi connectivity index (χ2v) is 4.54. The van der Waals surface area contributed by atoms with Gasteiger partial charge in [0.15, 0.2) is 0 Å². The first kappa shape index (κ1) is 15.4. The zero-order chi connectivity index (χ0) is 15.6. The molecule has 0 saturated carbocycles. The molecule has 1 heterocycles. The van der Waals surface area contributed by atoms with Gasteiger partial charge in [-0.25, -0.2) is 9.37 Å². The number of hydrogen-bond donors (Lipinski definition) is 2. The lowest BCUT2D eigenvalue weighted by atomic mass is 10.2. The molecule has 0 unspecified atom stereocenters. The van der Waals surface area contributed by atoms with E-state index < -0.39 is 17.6 Å². The third-order valence-corrected chi connectivity index (χ3v) is 2.91. The monoisotopic (exact) mass is 319 g/mol. The molecule has 1 aromatic carbocycles. The van der Waals surface area contributed by atoms with Gasteiger partial charge in [0.1, 0.15) is 17.5 Å². The second-order valence-electron chi connectivity index (χ2n) is 4.13. The number of benzene rings is 1. The maximum atomic E-state index is 13.3. The molecule has 2 N–H and O–H groups in total. The summed E-state index contributed by atoms with van der Waals surface area (Å²) in [4.78, 5) is 3.94. The highest BCUT2D eigenvalue weighted by molar-refractivity contribution is 6.30. The summed E-state index contributed by atoms with van der Waals surface area (Å²) in [6.07, 6.45) is -4.50. The number of pyridine rings is 1. The zero-order valence-electron chi connectivity index (χ0n) is 10.7. The van der Waals surface area contributed by atoms with Crippen molar-refractivity contribution in [2.24, 2.45) is 0 Å². The summed E-state index contributed by atoms with van der Waals surface area (Å²) in [6, 6.07) is 5.53. The summed E-state index contributed by atoms with van der Waals surface area (Å²) in [7, 11) is 1.45. The van der Waals surface area contributed by atoms with Crippen molar-refractivity contribution < 1.29 is 17.6 Å². The molecule has 2 rings (SSSR count). The number of hydrogen-bond acceptors (Lipinski definition) is 3. The Morgan fingerprint density at radius 3 is 2.33 bits per heavy atom. The van der Waals surface area contributed by atoms with Crippen molar-refractivity contribution in [3.63, 3.8) is 0 Å². The lowest BCUT2D eigenvalue weighted by Gasteiger charge is -2.12. The van der Waals surface area contributed by atoms with Crippen LogP contribution in [-0.4, -0.2) is 12.0 Å². The second kappa shape index (κ2) is 5.77. The molecule has 0 saturated heterocycles. The molecule has 3 nitrogen and oxygen atoms in total. The molecule has 0 spiro atoms. The van der Waals surface area contributed by atoms with Gasteiger partial charge < -0.3 is 10.6 Å². The van der Waals surface area contributed by atoms with E-state index in [1.807, 2.05) is 0 Å². The Balaban J connectivity index is 2.36. The quantitative estimate of drug-likeness (QED) is 0.807. The molecule has 1 aromatic heterocycles. The highest BCUT2D eigenvalue weighted by Gasteiger charge is 2.31. The van der Waals surface area contributed by atoms with Gasteiger partial charge in [-0.2, -0.15) is 13.2 Å². The zero-order valence-corrected chi connectivity index (χ0v) is 11.5. The summed E-state index contributed by atoms with van der Waals surface area (Å²) in [6.45, 7) is 0. The van der Waals surface area contributed by atoms with Crippen LogP contribution in [-0.2, 0) is 6.18 Å². The molecule has 21 heavy (non-hydrogen) atoms. The van der Waals surface area contributed by atoms with E-state index in [1.165, 1.54) is 19.2 Å². The minimum absolute atomic E-state index is 0.0433. The molecule has 8 heteroatoms. The molecule has 0 aliphatic carbocycles. The Hall–Kier alpha value is -2.02. The summed E-state index contributed by atoms with van der Waals surface area (Å²) in [5.41, 5.74) is -0.621. The number of aromatic nitrogens is 1. The maximum absolute atomic E-state index is 13.3. The summed E-state index contributed by atoms with van der Waals surface area (Å²) in [5, 5.41) is 5.07. The van der Waals surface area contributed by atoms with Gasteiger partial charge in [-0.3, -0.25) is 0 Å². The summed E-state index contributed by atoms with van der Waals surface area (Å²) in [5.74, 6) is -0.694. The van der Waals surface area contributed by atoms with E-state index in [0.29, 0.717) is 0 Å². The smallest absolute Gasteiger partial charge is 0.373 e. The Bertz CT molecular complexity index is 658. The molecule has 0 atom stereocenters. The normalized spacial score (nSPS) is 11.3. The molecule has 0 aliphatic heterocycles. The van der Waals surface area contributed by atoms with Crippen molar-refractivity contribution in [2.45, 2.75) is 6.18 Å². The van der Waals surface area contributed by atoms with Crippen LogP contribution in [0, 0.1) is 5.82 Å². The van der Waals surface area contributed by atoms with E-state index in [2.05, 4.69) is 15.6 Å². The largest absolute Gasteiger partial charge is 0.416 e. The lowest BCUT2D eigenvalue weighted by Crippen LogP contribution is -2.08. The molecule has 0 bridgehead atoms. The Morgan fingerprint density at radius 2 is 1.76 bits per heavy atom. The fourth-order valence-corrected chi connectivity index (χ4v) is 1.73. The molecule has 2 aromatic rings. The van der Waals surface area contributed by atoms with E-state index >= 15 is 0 Å². The van der Waals surface area contributed by atoms with Gasteiger partial charge in [0.25, 0.3) is 0 Å². The van der Waals surface area contributed by atoms with Crippen LogP contribution in [0.5, 0.6) is 0 Å². The van der Waals surface area contributed by atoms with Crippen molar-refractivity contribution >= 4 is 28.9 Å². The van der Waals surface area contributed by atoms with Gasteiger partial charge >= 0.3 is 6.18 Å². The van der Waals surface area contributed by atoms with Crippen LogP contribution in [0.3, 0.4) is 0 Å². The van der Waals surface area contributed by atoms with Crippen LogP contribution >= 0.6 is 11.6 Å². The predicted octanol–water partition coefficient (Wildman–Crippen LogP) is 4.68. The Kier molecular flexibility index (Phi) is 4.22. The van der Waals surface area contributed by atoms with Gasteiger partial charge in [-0.1, -0.05) is 11.6 Å². The minimum Gasteiger partial charge on any atom is -0.373 e. The molecule has 0 fully saturated rings. The van der Waals surface area contributed by atoms with Crippen LogP contribution in [0.15, 0.2) is 30.3 Å². The molecule has 0 radical (unpaired) electrons. The number of nitrogens with zero attached hydrogens (tertiary/aromatic N) is 1. The number of halogens is 5. The molecular formula is C13H10ClF4N3. The first-order valence-electron chi connectivity index (χ1n) is 5.78. The summed E-state index contributed by atoms with van der Waals surface area (Å²) >= 11 is 5.54. The fourth-order valence-electron chi connectivity index (χ4n) is 1.61.